The molecule has 0 saturated carbocycles. The Kier molecular flexibility index (Phi) is 4.39. The molecule has 22 heavy (non-hydrogen) atoms. The van der Waals surface area contributed by atoms with E-state index in [0.29, 0.717) is 6.54 Å². The summed E-state index contributed by atoms with van der Waals surface area (Å²) in [6.07, 6.45) is 2.68. The lowest BCUT2D eigenvalue weighted by molar-refractivity contribution is 0.940. The van der Waals surface area contributed by atoms with Crippen LogP contribution in [0.4, 0.5) is 5.82 Å². The number of anilines is 1. The first-order valence-electron chi connectivity index (χ1n) is 7.19. The van der Waals surface area contributed by atoms with Crippen molar-refractivity contribution in [3.05, 3.63) is 52.4 Å². The first-order chi connectivity index (χ1) is 10.7. The Morgan fingerprint density at radius 1 is 1.14 bits per heavy atom. The summed E-state index contributed by atoms with van der Waals surface area (Å²) in [5.74, 6) is 1.63. The van der Waals surface area contributed by atoms with Crippen LogP contribution in [0.15, 0.2) is 35.8 Å². The maximum absolute atomic E-state index is 4.61. The van der Waals surface area contributed by atoms with Gasteiger partial charge < -0.3 is 5.32 Å². The van der Waals surface area contributed by atoms with Crippen molar-refractivity contribution in [1.82, 2.24) is 19.9 Å². The van der Waals surface area contributed by atoms with Gasteiger partial charge >= 0.3 is 0 Å². The minimum Gasteiger partial charge on any atom is -0.363 e. The van der Waals surface area contributed by atoms with E-state index >= 15 is 0 Å². The van der Waals surface area contributed by atoms with Crippen molar-refractivity contribution >= 4 is 17.2 Å². The second-order valence-corrected chi connectivity index (χ2v) is 5.78. The van der Waals surface area contributed by atoms with Crippen molar-refractivity contribution in [2.45, 2.75) is 26.8 Å². The van der Waals surface area contributed by atoms with Crippen LogP contribution in [0.2, 0.25) is 0 Å². The van der Waals surface area contributed by atoms with E-state index in [4.69, 9.17) is 0 Å². The predicted octanol–water partition coefficient (Wildman–Crippen LogP) is 3.48. The van der Waals surface area contributed by atoms with Gasteiger partial charge in [0.1, 0.15) is 16.6 Å². The molecule has 5 nitrogen and oxygen atoms in total. The quantitative estimate of drug-likeness (QED) is 0.781. The smallest absolute Gasteiger partial charge is 0.130 e. The number of aryl methyl sites for hydroxylation is 2. The molecule has 0 bridgehead atoms. The van der Waals surface area contributed by atoms with E-state index < -0.39 is 0 Å². The Balaban J connectivity index is 1.70. The first kappa shape index (κ1) is 14.6. The number of nitrogens with zero attached hydrogens (tertiary/aromatic N) is 4. The third-order valence-electron chi connectivity index (χ3n) is 3.15. The van der Waals surface area contributed by atoms with E-state index in [1.165, 1.54) is 0 Å². The molecule has 0 fully saturated rings. The summed E-state index contributed by atoms with van der Waals surface area (Å²) in [6, 6.07) is 7.82. The fourth-order valence-electron chi connectivity index (χ4n) is 2.09. The number of hydrogen-bond acceptors (Lipinski definition) is 6. The third kappa shape index (κ3) is 3.46. The molecule has 1 N–H and O–H groups in total. The van der Waals surface area contributed by atoms with E-state index in [0.717, 1.165) is 40.2 Å². The molecule has 0 spiro atoms. The van der Waals surface area contributed by atoms with E-state index in [9.17, 15) is 0 Å². The first-order valence-corrected chi connectivity index (χ1v) is 8.07. The van der Waals surface area contributed by atoms with Crippen molar-refractivity contribution in [2.75, 3.05) is 5.32 Å². The molecule has 3 rings (SSSR count). The van der Waals surface area contributed by atoms with Gasteiger partial charge in [-0.25, -0.2) is 15.0 Å². The van der Waals surface area contributed by atoms with Gasteiger partial charge in [0.15, 0.2) is 0 Å². The van der Waals surface area contributed by atoms with Gasteiger partial charge in [0.05, 0.1) is 17.9 Å². The van der Waals surface area contributed by atoms with Crippen molar-refractivity contribution in [1.29, 1.82) is 0 Å². The van der Waals surface area contributed by atoms with Crippen LogP contribution in [0.1, 0.15) is 23.4 Å². The normalized spacial score (nSPS) is 10.6. The maximum atomic E-state index is 4.61. The van der Waals surface area contributed by atoms with Crippen molar-refractivity contribution in [3.63, 3.8) is 0 Å². The van der Waals surface area contributed by atoms with Crippen LogP contribution >= 0.6 is 11.3 Å². The molecule has 6 heteroatoms. The lowest BCUT2D eigenvalue weighted by Crippen LogP contribution is -2.04. The lowest BCUT2D eigenvalue weighted by atomic mass is 10.3. The van der Waals surface area contributed by atoms with Gasteiger partial charge in [0.25, 0.3) is 0 Å². The number of nitrogens with one attached hydrogen (secondary N) is 1. The van der Waals surface area contributed by atoms with E-state index in [-0.39, 0.29) is 0 Å². The zero-order valence-corrected chi connectivity index (χ0v) is 13.4. The lowest BCUT2D eigenvalue weighted by Gasteiger charge is -2.06. The van der Waals surface area contributed by atoms with E-state index in [2.05, 4.69) is 32.2 Å². The Bertz CT molecular complexity index is 754. The van der Waals surface area contributed by atoms with E-state index in [1.807, 2.05) is 36.6 Å². The van der Waals surface area contributed by atoms with Crippen LogP contribution in [0.5, 0.6) is 0 Å². The molecular weight excluding hydrogens is 294 g/mol. The summed E-state index contributed by atoms with van der Waals surface area (Å²) in [7, 11) is 0. The van der Waals surface area contributed by atoms with E-state index in [1.54, 1.807) is 17.5 Å². The van der Waals surface area contributed by atoms with Crippen LogP contribution in [-0.4, -0.2) is 19.9 Å². The highest BCUT2D eigenvalue weighted by atomic mass is 32.1. The number of rotatable bonds is 5. The summed E-state index contributed by atoms with van der Waals surface area (Å²) in [5.41, 5.74) is 2.86. The van der Waals surface area contributed by atoms with Crippen LogP contribution in [0.3, 0.4) is 0 Å². The number of hydrogen-bond donors (Lipinski definition) is 1. The molecule has 0 aromatic carbocycles. The van der Waals surface area contributed by atoms with Crippen LogP contribution in [-0.2, 0) is 13.0 Å². The van der Waals surface area contributed by atoms with Gasteiger partial charge in [-0.1, -0.05) is 13.0 Å². The third-order valence-corrected chi connectivity index (χ3v) is 4.00. The van der Waals surface area contributed by atoms with Gasteiger partial charge in [0.2, 0.25) is 0 Å². The minimum absolute atomic E-state index is 0.650. The highest BCUT2D eigenvalue weighted by molar-refractivity contribution is 7.09. The average Bonchev–Trinajstić information content (AvgIpc) is 3.02. The summed E-state index contributed by atoms with van der Waals surface area (Å²) < 4.78 is 0. The summed E-state index contributed by atoms with van der Waals surface area (Å²) in [5, 5.41) is 6.36. The van der Waals surface area contributed by atoms with Gasteiger partial charge in [-0.3, -0.25) is 4.98 Å². The molecule has 0 unspecified atom stereocenters. The molecule has 0 radical (unpaired) electrons. The van der Waals surface area contributed by atoms with Gasteiger partial charge in [-0.2, -0.15) is 0 Å². The molecule has 0 saturated heterocycles. The predicted molar refractivity (Wildman–Crippen MR) is 88.8 cm³/mol. The van der Waals surface area contributed by atoms with Crippen LogP contribution in [0, 0.1) is 6.92 Å². The molecule has 0 atom stereocenters. The number of pyridine rings is 1. The summed E-state index contributed by atoms with van der Waals surface area (Å²) in [6.45, 7) is 4.65. The highest BCUT2D eigenvalue weighted by Gasteiger charge is 2.06. The Morgan fingerprint density at radius 3 is 2.82 bits per heavy atom. The maximum Gasteiger partial charge on any atom is 0.130 e. The van der Waals surface area contributed by atoms with Crippen molar-refractivity contribution in [3.8, 4) is 11.4 Å². The largest absolute Gasteiger partial charge is 0.363 e. The van der Waals surface area contributed by atoms with Gasteiger partial charge in [-0.05, 0) is 25.5 Å². The van der Waals surface area contributed by atoms with Crippen LogP contribution < -0.4 is 5.32 Å². The van der Waals surface area contributed by atoms with Crippen molar-refractivity contribution < 1.29 is 0 Å². The van der Waals surface area contributed by atoms with Gasteiger partial charge in [-0.15, -0.1) is 11.3 Å². The Hall–Kier alpha value is -2.34. The molecular formula is C16H17N5S. The fourth-order valence-corrected chi connectivity index (χ4v) is 2.82. The number of thiazole rings is 1. The zero-order chi connectivity index (χ0) is 15.4. The SMILES string of the molecule is CCc1cc(NCc2nc(-c3ccccn3)cs2)nc(C)n1. The van der Waals surface area contributed by atoms with Crippen molar-refractivity contribution in [2.24, 2.45) is 0 Å². The Labute approximate surface area is 133 Å². The molecule has 0 aliphatic carbocycles. The fraction of sp³-hybridized carbons (Fsp3) is 0.250. The number of aromatic nitrogens is 4. The second kappa shape index (κ2) is 6.62. The monoisotopic (exact) mass is 311 g/mol. The standard InChI is InChI=1S/C16H17N5S/c1-3-12-8-15(20-11(2)19-12)18-9-16-21-14(10-22-16)13-6-4-5-7-17-13/h4-8,10H,3,9H2,1-2H3,(H,18,19,20). The molecule has 0 amide bonds. The Morgan fingerprint density at radius 2 is 2.05 bits per heavy atom. The second-order valence-electron chi connectivity index (χ2n) is 4.84. The molecule has 0 aliphatic heterocycles. The molecule has 0 aliphatic rings. The minimum atomic E-state index is 0.650. The topological polar surface area (TPSA) is 63.6 Å². The summed E-state index contributed by atoms with van der Waals surface area (Å²) >= 11 is 1.62. The highest BCUT2D eigenvalue weighted by Crippen LogP contribution is 2.20. The van der Waals surface area contributed by atoms with Crippen LogP contribution in [0.25, 0.3) is 11.4 Å². The molecule has 3 aromatic heterocycles. The molecule has 3 aromatic rings. The zero-order valence-electron chi connectivity index (χ0n) is 12.6. The average molecular weight is 311 g/mol. The molecule has 3 heterocycles. The molecule has 112 valence electrons. The summed E-state index contributed by atoms with van der Waals surface area (Å²) in [4.78, 5) is 17.7. The van der Waals surface area contributed by atoms with Gasteiger partial charge in [0, 0.05) is 23.3 Å².